The molecule has 0 bridgehead atoms. The van der Waals surface area contributed by atoms with Crippen LogP contribution in [0.5, 0.6) is 5.75 Å². The molecule has 2 aromatic rings. The van der Waals surface area contributed by atoms with Crippen molar-refractivity contribution in [1.82, 2.24) is 0 Å². The zero-order valence-electron chi connectivity index (χ0n) is 10.7. The minimum atomic E-state index is -0.377. The van der Waals surface area contributed by atoms with E-state index >= 15 is 0 Å². The molecule has 2 aromatic carbocycles. The molecule has 0 radical (unpaired) electrons. The molecule has 0 heterocycles. The zero-order valence-corrected chi connectivity index (χ0v) is 11.5. The van der Waals surface area contributed by atoms with Gasteiger partial charge in [-0.25, -0.2) is 0 Å². The van der Waals surface area contributed by atoms with Gasteiger partial charge in [-0.1, -0.05) is 35.4 Å². The van der Waals surface area contributed by atoms with Crippen molar-refractivity contribution < 1.29 is 9.90 Å². The van der Waals surface area contributed by atoms with E-state index in [0.29, 0.717) is 10.7 Å². The minimum absolute atomic E-state index is 0.0483. The summed E-state index contributed by atoms with van der Waals surface area (Å²) in [5, 5.41) is 12.9. The molecule has 0 unspecified atom stereocenters. The lowest BCUT2D eigenvalue weighted by atomic mass is 10.1. The average Bonchev–Trinajstić information content (AvgIpc) is 2.37. The highest BCUT2D eigenvalue weighted by atomic mass is 35.5. The van der Waals surface area contributed by atoms with Crippen LogP contribution in [0, 0.1) is 13.8 Å². The Bertz CT molecular complexity index is 618. The molecule has 0 fully saturated rings. The highest BCUT2D eigenvalue weighted by Crippen LogP contribution is 2.27. The smallest absolute Gasteiger partial charge is 0.259 e. The molecule has 0 aliphatic heterocycles. The summed E-state index contributed by atoms with van der Waals surface area (Å²) in [7, 11) is 0. The number of carbonyl (C=O) groups excluding carboxylic acids is 1. The van der Waals surface area contributed by atoms with Crippen LogP contribution in [-0.2, 0) is 0 Å². The van der Waals surface area contributed by atoms with Gasteiger partial charge in [0.2, 0.25) is 0 Å². The van der Waals surface area contributed by atoms with Gasteiger partial charge < -0.3 is 10.4 Å². The van der Waals surface area contributed by atoms with Crippen molar-refractivity contribution in [2.45, 2.75) is 13.8 Å². The van der Waals surface area contributed by atoms with Crippen molar-refractivity contribution in [1.29, 1.82) is 0 Å². The van der Waals surface area contributed by atoms with Crippen molar-refractivity contribution in [2.75, 3.05) is 5.32 Å². The maximum Gasteiger partial charge on any atom is 0.259 e. The molecule has 19 heavy (non-hydrogen) atoms. The van der Waals surface area contributed by atoms with Crippen LogP contribution in [0.4, 0.5) is 5.69 Å². The lowest BCUT2D eigenvalue weighted by Crippen LogP contribution is -2.13. The number of nitrogens with one attached hydrogen (secondary N) is 1. The van der Waals surface area contributed by atoms with E-state index in [-0.39, 0.29) is 17.2 Å². The van der Waals surface area contributed by atoms with Gasteiger partial charge in [-0.05, 0) is 37.6 Å². The fraction of sp³-hybridized carbons (Fsp3) is 0.133. The summed E-state index contributed by atoms with van der Waals surface area (Å²) >= 11 is 6.05. The van der Waals surface area contributed by atoms with E-state index in [1.165, 1.54) is 6.07 Å². The topological polar surface area (TPSA) is 49.3 Å². The van der Waals surface area contributed by atoms with Crippen LogP contribution in [0.25, 0.3) is 0 Å². The number of halogens is 1. The molecule has 0 aliphatic rings. The monoisotopic (exact) mass is 275 g/mol. The number of amides is 1. The normalized spacial score (nSPS) is 10.3. The van der Waals surface area contributed by atoms with E-state index in [9.17, 15) is 9.90 Å². The van der Waals surface area contributed by atoms with E-state index in [2.05, 4.69) is 5.32 Å². The maximum atomic E-state index is 12.2. The summed E-state index contributed by atoms with van der Waals surface area (Å²) in [6, 6.07) is 10.3. The van der Waals surface area contributed by atoms with Crippen LogP contribution >= 0.6 is 11.6 Å². The molecule has 3 nitrogen and oxygen atoms in total. The minimum Gasteiger partial charge on any atom is -0.507 e. The van der Waals surface area contributed by atoms with Crippen LogP contribution < -0.4 is 5.32 Å². The first-order valence-electron chi connectivity index (χ1n) is 5.85. The van der Waals surface area contributed by atoms with E-state index in [1.54, 1.807) is 18.2 Å². The van der Waals surface area contributed by atoms with Gasteiger partial charge in [0.15, 0.2) is 0 Å². The third-order valence-electron chi connectivity index (χ3n) is 2.86. The molecule has 0 saturated heterocycles. The first kappa shape index (κ1) is 13.4. The van der Waals surface area contributed by atoms with Crippen molar-refractivity contribution in [3.8, 4) is 5.75 Å². The fourth-order valence-electron chi connectivity index (χ4n) is 1.80. The Morgan fingerprint density at radius 2 is 1.95 bits per heavy atom. The molecule has 0 saturated carbocycles. The summed E-state index contributed by atoms with van der Waals surface area (Å²) in [5.74, 6) is -0.426. The van der Waals surface area contributed by atoms with E-state index in [4.69, 9.17) is 11.6 Å². The standard InChI is InChI=1S/C15H14ClNO2/c1-9-6-7-13(18)11(8-9)15(19)17-14-10(2)4-3-5-12(14)16/h3-8,18H,1-2H3,(H,17,19). The Labute approximate surface area is 116 Å². The molecular formula is C15H14ClNO2. The summed E-state index contributed by atoms with van der Waals surface area (Å²) < 4.78 is 0. The summed E-state index contributed by atoms with van der Waals surface area (Å²) in [5.41, 5.74) is 2.57. The third kappa shape index (κ3) is 2.88. The van der Waals surface area contributed by atoms with Gasteiger partial charge in [0.05, 0.1) is 16.3 Å². The predicted molar refractivity (Wildman–Crippen MR) is 77.0 cm³/mol. The second-order valence-corrected chi connectivity index (χ2v) is 4.81. The molecular weight excluding hydrogens is 262 g/mol. The van der Waals surface area contributed by atoms with Crippen molar-refractivity contribution in [2.24, 2.45) is 0 Å². The maximum absolute atomic E-state index is 12.2. The van der Waals surface area contributed by atoms with Gasteiger partial charge in [-0.3, -0.25) is 4.79 Å². The Morgan fingerprint density at radius 1 is 1.21 bits per heavy atom. The van der Waals surface area contributed by atoms with Crippen molar-refractivity contribution >= 4 is 23.2 Å². The second-order valence-electron chi connectivity index (χ2n) is 4.41. The third-order valence-corrected chi connectivity index (χ3v) is 3.17. The molecule has 4 heteroatoms. The van der Waals surface area contributed by atoms with Gasteiger partial charge >= 0.3 is 0 Å². The Balaban J connectivity index is 2.34. The number of para-hydroxylation sites is 1. The highest BCUT2D eigenvalue weighted by Gasteiger charge is 2.14. The van der Waals surface area contributed by atoms with E-state index < -0.39 is 0 Å². The molecule has 0 aromatic heterocycles. The number of carbonyl (C=O) groups is 1. The number of rotatable bonds is 2. The fourth-order valence-corrected chi connectivity index (χ4v) is 2.07. The number of aromatic hydroxyl groups is 1. The summed E-state index contributed by atoms with van der Waals surface area (Å²) in [4.78, 5) is 12.2. The highest BCUT2D eigenvalue weighted by molar-refractivity contribution is 6.34. The SMILES string of the molecule is Cc1ccc(O)c(C(=O)Nc2c(C)cccc2Cl)c1. The number of anilines is 1. The largest absolute Gasteiger partial charge is 0.507 e. The van der Waals surface area contributed by atoms with Crippen LogP contribution in [0.2, 0.25) is 5.02 Å². The van der Waals surface area contributed by atoms with E-state index in [1.807, 2.05) is 26.0 Å². The molecule has 2 rings (SSSR count). The summed E-state index contributed by atoms with van der Waals surface area (Å²) in [6.07, 6.45) is 0. The molecule has 2 N–H and O–H groups in total. The number of benzene rings is 2. The summed E-state index contributed by atoms with van der Waals surface area (Å²) in [6.45, 7) is 3.72. The molecule has 0 aliphatic carbocycles. The molecule has 98 valence electrons. The van der Waals surface area contributed by atoms with Gasteiger partial charge in [-0.2, -0.15) is 0 Å². The number of aryl methyl sites for hydroxylation is 2. The number of hydrogen-bond donors (Lipinski definition) is 2. The average molecular weight is 276 g/mol. The van der Waals surface area contributed by atoms with Crippen molar-refractivity contribution in [3.05, 3.63) is 58.1 Å². The first-order valence-corrected chi connectivity index (χ1v) is 6.23. The van der Waals surface area contributed by atoms with Crippen LogP contribution in [-0.4, -0.2) is 11.0 Å². The lowest BCUT2D eigenvalue weighted by molar-refractivity contribution is 0.102. The van der Waals surface area contributed by atoms with Crippen LogP contribution in [0.3, 0.4) is 0 Å². The zero-order chi connectivity index (χ0) is 14.0. The predicted octanol–water partition coefficient (Wildman–Crippen LogP) is 3.91. The van der Waals surface area contributed by atoms with Gasteiger partial charge in [0, 0.05) is 0 Å². The quantitative estimate of drug-likeness (QED) is 0.873. The Hall–Kier alpha value is -2.00. The van der Waals surface area contributed by atoms with Crippen LogP contribution in [0.1, 0.15) is 21.5 Å². The van der Waals surface area contributed by atoms with Crippen LogP contribution in [0.15, 0.2) is 36.4 Å². The number of phenols is 1. The Kier molecular flexibility index (Phi) is 3.76. The second kappa shape index (κ2) is 5.33. The number of hydrogen-bond acceptors (Lipinski definition) is 2. The number of phenolic OH excluding ortho intramolecular Hbond substituents is 1. The van der Waals surface area contributed by atoms with Gasteiger partial charge in [-0.15, -0.1) is 0 Å². The first-order chi connectivity index (χ1) is 8.99. The molecule has 0 atom stereocenters. The van der Waals surface area contributed by atoms with Crippen molar-refractivity contribution in [3.63, 3.8) is 0 Å². The molecule has 1 amide bonds. The molecule has 0 spiro atoms. The van der Waals surface area contributed by atoms with Gasteiger partial charge in [0.1, 0.15) is 5.75 Å². The Morgan fingerprint density at radius 3 is 2.63 bits per heavy atom. The van der Waals surface area contributed by atoms with Gasteiger partial charge in [0.25, 0.3) is 5.91 Å². The lowest BCUT2D eigenvalue weighted by Gasteiger charge is -2.11. The van der Waals surface area contributed by atoms with E-state index in [0.717, 1.165) is 11.1 Å².